The third-order valence-corrected chi connectivity index (χ3v) is 7.60. The minimum atomic E-state index is -2.90. The van der Waals surface area contributed by atoms with Crippen LogP contribution in [0.5, 0.6) is 0 Å². The maximum absolute atomic E-state index is 11.6. The number of hydrogen-bond acceptors (Lipinski definition) is 7. The summed E-state index contributed by atoms with van der Waals surface area (Å²) < 4.78 is 25.1. The molecule has 0 amide bonds. The highest BCUT2D eigenvalue weighted by Gasteiger charge is 2.29. The maximum atomic E-state index is 11.6. The van der Waals surface area contributed by atoms with E-state index in [0.29, 0.717) is 29.3 Å². The molecular formula is C16H20N4O4S2. The van der Waals surface area contributed by atoms with Crippen LogP contribution in [0.4, 0.5) is 5.69 Å². The van der Waals surface area contributed by atoms with Crippen LogP contribution in [0.15, 0.2) is 23.4 Å². The molecule has 1 atom stereocenters. The number of rotatable bonds is 6. The first kappa shape index (κ1) is 18.8. The first-order valence-electron chi connectivity index (χ1n) is 8.21. The van der Waals surface area contributed by atoms with E-state index in [1.54, 1.807) is 13.0 Å². The molecule has 0 radical (unpaired) electrons. The van der Waals surface area contributed by atoms with Gasteiger partial charge in [-0.3, -0.25) is 10.1 Å². The Labute approximate surface area is 156 Å². The Balaban J connectivity index is 1.68. The van der Waals surface area contributed by atoms with Crippen molar-refractivity contribution in [3.63, 3.8) is 0 Å². The van der Waals surface area contributed by atoms with Crippen molar-refractivity contribution >= 4 is 27.3 Å². The van der Waals surface area contributed by atoms with Crippen molar-refractivity contribution in [2.24, 2.45) is 13.0 Å². The predicted molar refractivity (Wildman–Crippen MR) is 98.9 cm³/mol. The summed E-state index contributed by atoms with van der Waals surface area (Å²) in [5.74, 6) is 1.89. The Morgan fingerprint density at radius 3 is 2.81 bits per heavy atom. The van der Waals surface area contributed by atoms with Crippen molar-refractivity contribution in [3.8, 4) is 0 Å². The van der Waals surface area contributed by atoms with Gasteiger partial charge in [-0.25, -0.2) is 8.42 Å². The highest BCUT2D eigenvalue weighted by Crippen LogP contribution is 2.28. The molecule has 2 heterocycles. The summed E-state index contributed by atoms with van der Waals surface area (Å²) in [6, 6.07) is 5.05. The maximum Gasteiger partial charge on any atom is 0.272 e. The van der Waals surface area contributed by atoms with Crippen molar-refractivity contribution in [2.45, 2.75) is 30.7 Å². The minimum Gasteiger partial charge on any atom is -0.309 e. The van der Waals surface area contributed by atoms with Crippen LogP contribution in [0.2, 0.25) is 0 Å². The van der Waals surface area contributed by atoms with Gasteiger partial charge in [-0.2, -0.15) is 0 Å². The Morgan fingerprint density at radius 1 is 1.38 bits per heavy atom. The monoisotopic (exact) mass is 396 g/mol. The van der Waals surface area contributed by atoms with Crippen LogP contribution in [0.1, 0.15) is 23.4 Å². The number of aromatic nitrogens is 3. The lowest BCUT2D eigenvalue weighted by atomic mass is 10.1. The lowest BCUT2D eigenvalue weighted by Crippen LogP contribution is -2.11. The van der Waals surface area contributed by atoms with Crippen molar-refractivity contribution in [2.75, 3.05) is 11.5 Å². The van der Waals surface area contributed by atoms with Gasteiger partial charge in [0.25, 0.3) is 5.69 Å². The first-order chi connectivity index (χ1) is 12.3. The van der Waals surface area contributed by atoms with Crippen LogP contribution >= 0.6 is 11.8 Å². The molecule has 3 rings (SSSR count). The molecular weight excluding hydrogens is 376 g/mol. The fourth-order valence-electron chi connectivity index (χ4n) is 3.11. The molecule has 0 spiro atoms. The van der Waals surface area contributed by atoms with Gasteiger partial charge < -0.3 is 4.57 Å². The average Bonchev–Trinajstić information content (AvgIpc) is 3.09. The molecule has 0 bridgehead atoms. The summed E-state index contributed by atoms with van der Waals surface area (Å²) in [4.78, 5) is 10.7. The van der Waals surface area contributed by atoms with E-state index in [-0.39, 0.29) is 28.0 Å². The molecule has 1 fully saturated rings. The van der Waals surface area contributed by atoms with Crippen LogP contribution in [0, 0.1) is 23.0 Å². The van der Waals surface area contributed by atoms with Crippen LogP contribution < -0.4 is 0 Å². The van der Waals surface area contributed by atoms with Gasteiger partial charge in [0.15, 0.2) is 15.0 Å². The van der Waals surface area contributed by atoms with Gasteiger partial charge in [0.1, 0.15) is 5.82 Å². The van der Waals surface area contributed by atoms with Crippen LogP contribution in [-0.2, 0) is 29.1 Å². The summed E-state index contributed by atoms with van der Waals surface area (Å²) in [5.41, 5.74) is 1.66. The fraction of sp³-hybridized carbons (Fsp3) is 0.500. The lowest BCUT2D eigenvalue weighted by Gasteiger charge is -2.08. The molecule has 1 aromatic carbocycles. The molecule has 10 heteroatoms. The molecule has 0 saturated carbocycles. The van der Waals surface area contributed by atoms with Gasteiger partial charge in [-0.05, 0) is 24.8 Å². The standard InChI is InChI=1S/C16H20N4O4S2/c1-11-13(4-3-5-14(11)20(21)22)9-25-16-18-17-15(19(16)2)8-12-6-7-26(23,24)10-12/h3-5,12H,6-10H2,1-2H3/t12-/m1/s1. The van der Waals surface area contributed by atoms with Crippen LogP contribution in [-0.4, -0.2) is 39.6 Å². The van der Waals surface area contributed by atoms with Crippen molar-refractivity contribution in [1.29, 1.82) is 0 Å². The Kier molecular flexibility index (Phi) is 5.33. The van der Waals surface area contributed by atoms with E-state index in [4.69, 9.17) is 0 Å². The van der Waals surface area contributed by atoms with E-state index >= 15 is 0 Å². The zero-order valence-electron chi connectivity index (χ0n) is 14.6. The minimum absolute atomic E-state index is 0.0970. The van der Waals surface area contributed by atoms with E-state index < -0.39 is 9.84 Å². The van der Waals surface area contributed by atoms with Crippen molar-refractivity contribution in [1.82, 2.24) is 14.8 Å². The summed E-state index contributed by atoms with van der Waals surface area (Å²) in [5, 5.41) is 20.1. The molecule has 1 aromatic heterocycles. The number of nitro benzene ring substituents is 1. The van der Waals surface area contributed by atoms with E-state index in [9.17, 15) is 18.5 Å². The normalized spacial score (nSPS) is 18.9. The number of hydrogen-bond donors (Lipinski definition) is 0. The first-order valence-corrected chi connectivity index (χ1v) is 11.0. The second kappa shape index (κ2) is 7.36. The van der Waals surface area contributed by atoms with E-state index in [1.165, 1.54) is 17.8 Å². The number of sulfone groups is 1. The average molecular weight is 396 g/mol. The number of benzene rings is 1. The van der Waals surface area contributed by atoms with E-state index in [0.717, 1.165) is 11.4 Å². The molecule has 1 saturated heterocycles. The molecule has 0 aliphatic carbocycles. The summed E-state index contributed by atoms with van der Waals surface area (Å²) in [6.07, 6.45) is 1.27. The molecule has 1 aliphatic rings. The lowest BCUT2D eigenvalue weighted by molar-refractivity contribution is -0.385. The highest BCUT2D eigenvalue weighted by molar-refractivity contribution is 7.98. The molecule has 1 aliphatic heterocycles. The summed E-state index contributed by atoms with van der Waals surface area (Å²) in [7, 11) is -1.04. The van der Waals surface area contributed by atoms with Crippen LogP contribution in [0.25, 0.3) is 0 Å². The SMILES string of the molecule is Cc1c(CSc2nnc(C[C@H]3CCS(=O)(=O)C3)n2C)cccc1[N+](=O)[O-]. The molecule has 0 unspecified atom stereocenters. The van der Waals surface area contributed by atoms with Gasteiger partial charge in [0.05, 0.1) is 16.4 Å². The fourth-order valence-corrected chi connectivity index (χ4v) is 5.96. The molecule has 2 aromatic rings. The second-order valence-corrected chi connectivity index (χ2v) is 9.71. The van der Waals surface area contributed by atoms with Crippen LogP contribution in [0.3, 0.4) is 0 Å². The van der Waals surface area contributed by atoms with Gasteiger partial charge in [0, 0.05) is 30.9 Å². The molecule has 140 valence electrons. The molecule has 0 N–H and O–H groups in total. The van der Waals surface area contributed by atoms with Crippen molar-refractivity contribution < 1.29 is 13.3 Å². The summed E-state index contributed by atoms with van der Waals surface area (Å²) in [6.45, 7) is 1.75. The Bertz CT molecular complexity index is 940. The number of thioether (sulfide) groups is 1. The quantitative estimate of drug-likeness (QED) is 0.419. The van der Waals surface area contributed by atoms with Gasteiger partial charge in [0.2, 0.25) is 0 Å². The Hall–Kier alpha value is -1.94. The van der Waals surface area contributed by atoms with E-state index in [2.05, 4.69) is 10.2 Å². The highest BCUT2D eigenvalue weighted by atomic mass is 32.2. The largest absolute Gasteiger partial charge is 0.309 e. The zero-order chi connectivity index (χ0) is 18.9. The van der Waals surface area contributed by atoms with Gasteiger partial charge >= 0.3 is 0 Å². The van der Waals surface area contributed by atoms with Gasteiger partial charge in [-0.15, -0.1) is 10.2 Å². The smallest absolute Gasteiger partial charge is 0.272 e. The van der Waals surface area contributed by atoms with Gasteiger partial charge in [-0.1, -0.05) is 23.9 Å². The third-order valence-electron chi connectivity index (χ3n) is 4.69. The third kappa shape index (κ3) is 4.07. The Morgan fingerprint density at radius 2 is 2.15 bits per heavy atom. The molecule has 8 nitrogen and oxygen atoms in total. The molecule has 26 heavy (non-hydrogen) atoms. The zero-order valence-corrected chi connectivity index (χ0v) is 16.2. The number of nitrogens with zero attached hydrogens (tertiary/aromatic N) is 4. The summed E-state index contributed by atoms with van der Waals surface area (Å²) >= 11 is 1.46. The predicted octanol–water partition coefficient (Wildman–Crippen LogP) is 2.30. The second-order valence-electron chi connectivity index (χ2n) is 6.54. The van der Waals surface area contributed by atoms with Crippen molar-refractivity contribution in [3.05, 3.63) is 45.3 Å². The topological polar surface area (TPSA) is 108 Å². The number of nitro groups is 1. The van der Waals surface area contributed by atoms with E-state index in [1.807, 2.05) is 17.7 Å².